The van der Waals surface area contributed by atoms with Crippen molar-refractivity contribution in [3.8, 4) is 0 Å². The standard InChI is InChI=1S/C20H22ClF2N5O4S2/c1-9(2)25-19(33-4)18-26-17(11-5-6-12(22)16(23)15(11)21)14(20(29)32-3)13-7-10(8-28(13)18)27-34(24,30)31/h5-6,10,17,27H,1,7-8H2,2-4H3,(H2,24,30,31)/t10-,17+/m0/s1. The molecule has 1 aromatic rings. The number of hydrogen-bond donors (Lipinski definition) is 2. The maximum atomic E-state index is 14.3. The Hall–Kier alpha value is -2.32. The number of thioether (sulfide) groups is 1. The minimum atomic E-state index is -4.06. The van der Waals surface area contributed by atoms with Crippen molar-refractivity contribution in [3.63, 3.8) is 0 Å². The van der Waals surface area contributed by atoms with Crippen molar-refractivity contribution in [1.29, 1.82) is 0 Å². The van der Waals surface area contributed by atoms with E-state index >= 15 is 0 Å². The molecule has 2 heterocycles. The quantitative estimate of drug-likeness (QED) is 0.250. The van der Waals surface area contributed by atoms with Crippen molar-refractivity contribution < 1.29 is 26.7 Å². The molecule has 2 aliphatic rings. The zero-order valence-corrected chi connectivity index (χ0v) is 20.8. The van der Waals surface area contributed by atoms with Crippen LogP contribution in [0.4, 0.5) is 8.78 Å². The summed E-state index contributed by atoms with van der Waals surface area (Å²) in [5.41, 5.74) is 0.877. The average molecular weight is 534 g/mol. The molecule has 34 heavy (non-hydrogen) atoms. The van der Waals surface area contributed by atoms with Gasteiger partial charge in [-0.1, -0.05) is 24.2 Å². The van der Waals surface area contributed by atoms with Crippen LogP contribution >= 0.6 is 23.4 Å². The Balaban J connectivity index is 2.29. The van der Waals surface area contributed by atoms with E-state index in [9.17, 15) is 22.0 Å². The van der Waals surface area contributed by atoms with Crippen LogP contribution < -0.4 is 9.86 Å². The van der Waals surface area contributed by atoms with E-state index in [1.807, 2.05) is 0 Å². The third-order valence-electron chi connectivity index (χ3n) is 5.03. The number of aliphatic imine (C=N–C) groups is 2. The summed E-state index contributed by atoms with van der Waals surface area (Å²) in [5.74, 6) is -2.95. The van der Waals surface area contributed by atoms with Gasteiger partial charge in [-0.25, -0.2) is 23.7 Å². The van der Waals surface area contributed by atoms with Gasteiger partial charge in [0, 0.05) is 36.0 Å². The van der Waals surface area contributed by atoms with Crippen molar-refractivity contribution in [2.24, 2.45) is 15.1 Å². The fraction of sp³-hybridized carbons (Fsp3) is 0.350. The van der Waals surface area contributed by atoms with Crippen LogP contribution in [0.5, 0.6) is 0 Å². The van der Waals surface area contributed by atoms with Crippen molar-refractivity contribution in [3.05, 3.63) is 57.9 Å². The molecule has 3 rings (SSSR count). The number of ether oxygens (including phenoxy) is 1. The zero-order valence-electron chi connectivity index (χ0n) is 18.4. The van der Waals surface area contributed by atoms with E-state index < -0.39 is 44.9 Å². The Kier molecular flexibility index (Phi) is 7.82. The number of nitrogens with one attached hydrogen (secondary N) is 1. The van der Waals surface area contributed by atoms with Gasteiger partial charge in [-0.15, -0.1) is 11.8 Å². The van der Waals surface area contributed by atoms with E-state index in [-0.39, 0.29) is 29.9 Å². The first-order valence-electron chi connectivity index (χ1n) is 9.76. The lowest BCUT2D eigenvalue weighted by molar-refractivity contribution is -0.136. The summed E-state index contributed by atoms with van der Waals surface area (Å²) >= 11 is 7.36. The molecule has 0 aliphatic carbocycles. The largest absolute Gasteiger partial charge is 0.466 e. The van der Waals surface area contributed by atoms with Crippen molar-refractivity contribution in [1.82, 2.24) is 9.62 Å². The highest BCUT2D eigenvalue weighted by Gasteiger charge is 2.43. The fourth-order valence-corrected chi connectivity index (χ4v) is 5.25. The van der Waals surface area contributed by atoms with Gasteiger partial charge < -0.3 is 9.64 Å². The second-order valence-electron chi connectivity index (χ2n) is 7.50. The molecule has 9 nitrogen and oxygen atoms in total. The van der Waals surface area contributed by atoms with E-state index in [2.05, 4.69) is 21.3 Å². The van der Waals surface area contributed by atoms with Gasteiger partial charge in [0.2, 0.25) is 0 Å². The first-order valence-corrected chi connectivity index (χ1v) is 12.9. The van der Waals surface area contributed by atoms with Crippen LogP contribution in [0, 0.1) is 11.6 Å². The highest BCUT2D eigenvalue weighted by Crippen LogP contribution is 2.42. The van der Waals surface area contributed by atoms with E-state index in [1.165, 1.54) is 17.8 Å². The van der Waals surface area contributed by atoms with E-state index in [0.717, 1.165) is 13.2 Å². The second-order valence-corrected chi connectivity index (χ2v) is 10.0. The summed E-state index contributed by atoms with van der Waals surface area (Å²) in [7, 11) is -2.90. The van der Waals surface area contributed by atoms with E-state index in [0.29, 0.717) is 16.4 Å². The number of esters is 1. The monoisotopic (exact) mass is 533 g/mol. The molecule has 3 N–H and O–H groups in total. The predicted octanol–water partition coefficient (Wildman–Crippen LogP) is 2.66. The molecule has 0 unspecified atom stereocenters. The molecule has 1 fully saturated rings. The molecule has 0 amide bonds. The summed E-state index contributed by atoms with van der Waals surface area (Å²) in [4.78, 5) is 23.5. The average Bonchev–Trinajstić information content (AvgIpc) is 3.15. The third-order valence-corrected chi connectivity index (χ3v) is 6.74. The Labute approximate surface area is 205 Å². The minimum absolute atomic E-state index is 0.00801. The molecule has 0 radical (unpaired) electrons. The number of benzene rings is 1. The summed E-state index contributed by atoms with van der Waals surface area (Å²) < 4.78 is 58.7. The summed E-state index contributed by atoms with van der Waals surface area (Å²) in [6.45, 7) is 5.53. The van der Waals surface area contributed by atoms with Crippen molar-refractivity contribution in [2.75, 3.05) is 19.9 Å². The van der Waals surface area contributed by atoms with Gasteiger partial charge in [0.25, 0.3) is 10.2 Å². The smallest absolute Gasteiger partial charge is 0.338 e. The number of amidine groups is 1. The van der Waals surface area contributed by atoms with Gasteiger partial charge in [0.1, 0.15) is 11.1 Å². The first-order chi connectivity index (χ1) is 15.9. The molecule has 0 bridgehead atoms. The van der Waals surface area contributed by atoms with E-state index in [1.54, 1.807) is 18.1 Å². The lowest BCUT2D eigenvalue weighted by Crippen LogP contribution is -2.43. The lowest BCUT2D eigenvalue weighted by atomic mass is 9.94. The molecule has 1 aromatic carbocycles. The molecule has 2 aliphatic heterocycles. The molecule has 14 heteroatoms. The molecular weight excluding hydrogens is 512 g/mol. The lowest BCUT2D eigenvalue weighted by Gasteiger charge is -2.32. The minimum Gasteiger partial charge on any atom is -0.466 e. The SMILES string of the molecule is C=C(C)N=C(SC)C1=N[C@H](c2ccc(F)c(F)c2Cl)C(C(=O)OC)=C2C[C@H](NS(N)(=O)=O)CN12. The number of hydrogen-bond acceptors (Lipinski definition) is 8. The molecule has 0 spiro atoms. The Bertz CT molecular complexity index is 1250. The van der Waals surface area contributed by atoms with Crippen LogP contribution in [-0.4, -0.2) is 56.1 Å². The topological polar surface area (TPSA) is 126 Å². The highest BCUT2D eigenvalue weighted by molar-refractivity contribution is 8.15. The van der Waals surface area contributed by atoms with Crippen LogP contribution in [0.2, 0.25) is 5.02 Å². The Morgan fingerprint density at radius 3 is 2.68 bits per heavy atom. The third kappa shape index (κ3) is 5.33. The zero-order chi connectivity index (χ0) is 25.4. The Morgan fingerprint density at radius 2 is 2.12 bits per heavy atom. The predicted molar refractivity (Wildman–Crippen MR) is 128 cm³/mol. The molecule has 1 saturated heterocycles. The number of carbonyl (C=O) groups excluding carboxylic acids is 1. The second kappa shape index (κ2) is 10.1. The van der Waals surface area contributed by atoms with Crippen LogP contribution in [0.1, 0.15) is 24.9 Å². The highest BCUT2D eigenvalue weighted by atomic mass is 35.5. The molecule has 0 aromatic heterocycles. The summed E-state index contributed by atoms with van der Waals surface area (Å²) in [6, 6.07) is 0.235. The maximum Gasteiger partial charge on any atom is 0.338 e. The van der Waals surface area contributed by atoms with E-state index in [4.69, 9.17) is 21.5 Å². The number of carbonyl (C=O) groups is 1. The summed E-state index contributed by atoms with van der Waals surface area (Å²) in [6.07, 6.45) is 1.80. The number of allylic oxidation sites excluding steroid dienone is 1. The van der Waals surface area contributed by atoms with Crippen LogP contribution in [0.25, 0.3) is 0 Å². The van der Waals surface area contributed by atoms with Gasteiger partial charge in [-0.05, 0) is 19.2 Å². The van der Waals surface area contributed by atoms with Gasteiger partial charge in [-0.2, -0.15) is 13.1 Å². The molecular formula is C20H22ClF2N5O4S2. The van der Waals surface area contributed by atoms with Crippen LogP contribution in [-0.2, 0) is 19.7 Å². The van der Waals surface area contributed by atoms with Crippen LogP contribution in [0.15, 0.2) is 45.7 Å². The Morgan fingerprint density at radius 1 is 1.44 bits per heavy atom. The van der Waals surface area contributed by atoms with Gasteiger partial charge in [-0.3, -0.25) is 4.99 Å². The number of halogens is 3. The molecule has 2 atom stereocenters. The number of fused-ring (bicyclic) bond motifs is 1. The summed E-state index contributed by atoms with van der Waals surface area (Å²) in [5, 5.41) is 5.02. The number of nitrogens with zero attached hydrogens (tertiary/aromatic N) is 3. The number of nitrogens with two attached hydrogens (primary N) is 1. The van der Waals surface area contributed by atoms with Crippen molar-refractivity contribution in [2.45, 2.75) is 25.4 Å². The van der Waals surface area contributed by atoms with Crippen molar-refractivity contribution >= 4 is 50.4 Å². The van der Waals surface area contributed by atoms with Gasteiger partial charge in [0.05, 0.1) is 17.7 Å². The number of methoxy groups -OCH3 is 1. The fourth-order valence-electron chi connectivity index (χ4n) is 3.78. The first kappa shape index (κ1) is 26.3. The van der Waals surface area contributed by atoms with Gasteiger partial charge in [0.15, 0.2) is 17.5 Å². The maximum absolute atomic E-state index is 14.3. The normalized spacial score (nSPS) is 20.9. The van der Waals surface area contributed by atoms with Gasteiger partial charge >= 0.3 is 5.97 Å². The molecule has 184 valence electrons. The van der Waals surface area contributed by atoms with Crippen LogP contribution in [0.3, 0.4) is 0 Å². The number of rotatable bonds is 6. The molecule has 0 saturated carbocycles.